The number of hydrogen-bond donors (Lipinski definition) is 2. The molecular formula is C44H57BF3N4O6PS. The van der Waals surface area contributed by atoms with Crippen LogP contribution >= 0.6 is 20.7 Å². The fourth-order valence-electron chi connectivity index (χ4n) is 7.20. The molecule has 1 fully saturated rings. The molecule has 1 aliphatic rings. The number of nitrogens with one attached hydrogen (secondary N) is 2. The summed E-state index contributed by atoms with van der Waals surface area (Å²) in [7, 11) is 8.42. The van der Waals surface area contributed by atoms with E-state index in [1.54, 1.807) is 14.2 Å². The van der Waals surface area contributed by atoms with Gasteiger partial charge in [0.1, 0.15) is 37.7 Å². The normalized spacial score (nSPS) is 18.9. The molecule has 3 aromatic rings. The minimum atomic E-state index is -4.57. The molecule has 0 saturated carbocycles. The van der Waals surface area contributed by atoms with Crippen LogP contribution in [0.4, 0.5) is 13.2 Å². The zero-order chi connectivity index (χ0) is 43.7. The molecule has 0 spiro atoms. The maximum absolute atomic E-state index is 12.5. The first-order valence-electron chi connectivity index (χ1n) is 20.1. The molecule has 324 valence electrons. The van der Waals surface area contributed by atoms with Gasteiger partial charge in [0, 0.05) is 30.5 Å². The summed E-state index contributed by atoms with van der Waals surface area (Å²) in [6.07, 6.45) is 0.889. The largest absolute Gasteiger partial charge is 0.497 e. The van der Waals surface area contributed by atoms with E-state index >= 15 is 0 Å². The van der Waals surface area contributed by atoms with Gasteiger partial charge in [-0.3, -0.25) is 5.32 Å². The molecule has 5 atom stereocenters. The zero-order valence-electron chi connectivity index (χ0n) is 35.2. The standard InChI is InChI=1S/C44H57BF3N4O6PS/c1-31(2)52(32(3)4)59(56-29-28-49-5)58-40-38(18-14-9-8-10-15-27-50-42(60)51-44(46,47)48)41(45)57-39(40)30-55-43(33-16-12-11-13-17-33,34-19-23-36(53-6)24-20-34)35-21-25-37(54-7)26-22-35/h9,11-14,16-17,19-26,31-32,38-41H,8,10,15,18,27-30H2,1-4,6-7H3,(H2,50,51,60)/b14-9+/t38?,39-,40-,41-,59?/m1/s1. The average Bonchev–Trinajstić information content (AvgIpc) is 3.51. The number of allylic oxidation sites excluding steroid dienone is 2. The van der Waals surface area contributed by atoms with Gasteiger partial charge in [-0.15, -0.1) is 0 Å². The predicted molar refractivity (Wildman–Crippen MR) is 235 cm³/mol. The molecule has 0 bridgehead atoms. The Morgan fingerprint density at radius 2 is 1.50 bits per heavy atom. The van der Waals surface area contributed by atoms with Gasteiger partial charge in [0.15, 0.2) is 5.11 Å². The van der Waals surface area contributed by atoms with Crippen LogP contribution < -0.4 is 20.1 Å². The third-order valence-electron chi connectivity index (χ3n) is 9.96. The number of methoxy groups -OCH3 is 2. The zero-order valence-corrected chi connectivity index (χ0v) is 36.9. The molecule has 60 heavy (non-hydrogen) atoms. The highest BCUT2D eigenvalue weighted by Crippen LogP contribution is 2.51. The SMILES string of the molecule is [B][C@@H]1O[C@H](COC(c2ccccc2)(c2ccc(OC)cc2)c2ccc(OC)cc2)[C@H](OP(OCC[N+]#[C-])N(C(C)C)C(C)C)C1C/C=C/CCCCNC(=S)NC(F)(F)F. The highest BCUT2D eigenvalue weighted by molar-refractivity contribution is 7.80. The van der Waals surface area contributed by atoms with Crippen molar-refractivity contribution in [2.75, 3.05) is 40.5 Å². The lowest BCUT2D eigenvalue weighted by Crippen LogP contribution is -2.44. The topological polar surface area (TPSA) is 87.0 Å². The Kier molecular flexibility index (Phi) is 19.6. The first kappa shape index (κ1) is 48.9. The fourth-order valence-corrected chi connectivity index (χ4v) is 9.21. The van der Waals surface area contributed by atoms with Crippen molar-refractivity contribution >= 4 is 33.7 Å². The number of thiocarbonyl (C=S) groups is 1. The Balaban J connectivity index is 1.67. The van der Waals surface area contributed by atoms with Crippen LogP contribution in [-0.2, 0) is 24.1 Å². The van der Waals surface area contributed by atoms with Crippen LogP contribution in [0.1, 0.15) is 70.1 Å². The van der Waals surface area contributed by atoms with E-state index in [1.165, 1.54) is 5.32 Å². The number of rotatable bonds is 23. The summed E-state index contributed by atoms with van der Waals surface area (Å²) in [6.45, 7) is 16.5. The monoisotopic (exact) mass is 868 g/mol. The molecule has 16 heteroatoms. The summed E-state index contributed by atoms with van der Waals surface area (Å²) in [4.78, 5) is 3.51. The van der Waals surface area contributed by atoms with Crippen molar-refractivity contribution in [1.29, 1.82) is 0 Å². The van der Waals surface area contributed by atoms with E-state index in [9.17, 15) is 13.2 Å². The average molecular weight is 869 g/mol. The van der Waals surface area contributed by atoms with Gasteiger partial charge in [0.05, 0.1) is 26.9 Å². The van der Waals surface area contributed by atoms with Crippen LogP contribution in [0.5, 0.6) is 11.5 Å². The Morgan fingerprint density at radius 1 is 0.917 bits per heavy atom. The van der Waals surface area contributed by atoms with Crippen molar-refractivity contribution in [3.63, 3.8) is 0 Å². The molecule has 4 rings (SSSR count). The van der Waals surface area contributed by atoms with Gasteiger partial charge in [0.25, 0.3) is 8.53 Å². The van der Waals surface area contributed by atoms with Crippen molar-refractivity contribution in [3.05, 3.63) is 119 Å². The molecule has 10 nitrogen and oxygen atoms in total. The quantitative estimate of drug-likeness (QED) is 0.0141. The Morgan fingerprint density at radius 3 is 2.03 bits per heavy atom. The van der Waals surface area contributed by atoms with Crippen LogP contribution in [0.3, 0.4) is 0 Å². The lowest BCUT2D eigenvalue weighted by atomic mass is 9.79. The Hall–Kier alpha value is -3.74. The molecule has 0 aromatic heterocycles. The Labute approximate surface area is 361 Å². The molecule has 2 radical (unpaired) electrons. The first-order chi connectivity index (χ1) is 28.7. The number of benzene rings is 3. The smallest absolute Gasteiger partial charge is 0.484 e. The molecule has 1 heterocycles. The third-order valence-corrected chi connectivity index (χ3v) is 12.3. The maximum atomic E-state index is 12.5. The van der Waals surface area contributed by atoms with Gasteiger partial charge < -0.3 is 38.2 Å². The summed E-state index contributed by atoms with van der Waals surface area (Å²) in [5, 5.41) is 3.44. The van der Waals surface area contributed by atoms with Crippen LogP contribution in [0.25, 0.3) is 4.85 Å². The lowest BCUT2D eigenvalue weighted by molar-refractivity contribution is -0.141. The van der Waals surface area contributed by atoms with Crippen molar-refractivity contribution in [2.45, 2.75) is 95.6 Å². The van der Waals surface area contributed by atoms with Gasteiger partial charge >= 0.3 is 6.30 Å². The van der Waals surface area contributed by atoms with Crippen molar-refractivity contribution < 1.29 is 41.2 Å². The highest BCUT2D eigenvalue weighted by atomic mass is 32.1. The summed E-state index contributed by atoms with van der Waals surface area (Å²) in [5.41, 5.74) is 1.51. The van der Waals surface area contributed by atoms with Crippen LogP contribution in [0.2, 0.25) is 0 Å². The summed E-state index contributed by atoms with van der Waals surface area (Å²) >= 11 is 4.72. The Bertz CT molecular complexity index is 1750. The number of hydrogen-bond acceptors (Lipinski definition) is 8. The number of nitrogens with zero attached hydrogens (tertiary/aromatic N) is 2. The van der Waals surface area contributed by atoms with E-state index < -0.39 is 43.8 Å². The van der Waals surface area contributed by atoms with Crippen molar-refractivity contribution in [2.24, 2.45) is 5.92 Å². The maximum Gasteiger partial charge on any atom is 0.484 e. The van der Waals surface area contributed by atoms with Gasteiger partial charge in [-0.1, -0.05) is 66.7 Å². The highest BCUT2D eigenvalue weighted by Gasteiger charge is 2.47. The van der Waals surface area contributed by atoms with Crippen molar-refractivity contribution in [1.82, 2.24) is 15.3 Å². The van der Waals surface area contributed by atoms with Crippen molar-refractivity contribution in [3.8, 4) is 11.5 Å². The molecule has 1 saturated heterocycles. The molecular weight excluding hydrogens is 811 g/mol. The third kappa shape index (κ3) is 13.9. The van der Waals surface area contributed by atoms with E-state index in [-0.39, 0.29) is 37.8 Å². The second-order valence-electron chi connectivity index (χ2n) is 14.8. The number of unbranched alkanes of at least 4 members (excludes halogenated alkanes) is 2. The number of halogens is 3. The molecule has 2 N–H and O–H groups in total. The molecule has 1 aliphatic heterocycles. The minimum absolute atomic E-state index is 0.0667. The molecule has 0 aliphatic carbocycles. The van der Waals surface area contributed by atoms with Crippen LogP contribution in [0.15, 0.2) is 91.0 Å². The van der Waals surface area contributed by atoms with Gasteiger partial charge in [-0.05, 0) is 107 Å². The van der Waals surface area contributed by atoms with E-state index in [0.717, 1.165) is 23.1 Å². The fraction of sp³-hybridized carbons (Fsp3) is 0.500. The molecule has 0 amide bonds. The summed E-state index contributed by atoms with van der Waals surface area (Å²) < 4.78 is 78.1. The van der Waals surface area contributed by atoms with E-state index in [4.69, 9.17) is 54.6 Å². The van der Waals surface area contributed by atoms with E-state index in [0.29, 0.717) is 37.3 Å². The summed E-state index contributed by atoms with van der Waals surface area (Å²) in [5.74, 6) is 1.11. The second kappa shape index (κ2) is 24.0. The molecule has 2 unspecified atom stereocenters. The molecule has 3 aromatic carbocycles. The van der Waals surface area contributed by atoms with Gasteiger partial charge in [-0.25, -0.2) is 11.2 Å². The first-order valence-corrected chi connectivity index (χ1v) is 21.7. The summed E-state index contributed by atoms with van der Waals surface area (Å²) in [6, 6.07) is 25.0. The van der Waals surface area contributed by atoms with E-state index in [2.05, 4.69) is 42.5 Å². The second-order valence-corrected chi connectivity index (χ2v) is 16.6. The van der Waals surface area contributed by atoms with Gasteiger partial charge in [0.2, 0.25) is 6.54 Å². The van der Waals surface area contributed by atoms with Gasteiger partial charge in [-0.2, -0.15) is 13.2 Å². The number of ether oxygens (including phenoxy) is 4. The van der Waals surface area contributed by atoms with Crippen LogP contribution in [-0.4, -0.2) is 94.7 Å². The number of alkyl halides is 3. The van der Waals surface area contributed by atoms with Crippen LogP contribution in [0, 0.1) is 12.5 Å². The lowest BCUT2D eigenvalue weighted by Gasteiger charge is -2.39. The van der Waals surface area contributed by atoms with E-state index in [1.807, 2.05) is 91.0 Å². The minimum Gasteiger partial charge on any atom is -0.497 e. The predicted octanol–water partition coefficient (Wildman–Crippen LogP) is 9.29.